The summed E-state index contributed by atoms with van der Waals surface area (Å²) in [7, 11) is -2.41. The van der Waals surface area contributed by atoms with Crippen LogP contribution in [0.4, 0.5) is 0 Å². The predicted octanol–water partition coefficient (Wildman–Crippen LogP) is 3.37. The van der Waals surface area contributed by atoms with E-state index in [1.165, 1.54) is 0 Å². The summed E-state index contributed by atoms with van der Waals surface area (Å²) in [6.45, 7) is 12.4. The van der Waals surface area contributed by atoms with E-state index in [1.54, 1.807) is 6.66 Å². The van der Waals surface area contributed by atoms with E-state index < -0.39 is 7.37 Å². The fourth-order valence-corrected chi connectivity index (χ4v) is 3.22. The highest BCUT2D eigenvalue weighted by atomic mass is 31.2. The summed E-state index contributed by atoms with van der Waals surface area (Å²) in [4.78, 5) is 0. The van der Waals surface area contributed by atoms with Crippen LogP contribution in [0, 0.1) is 5.41 Å². The van der Waals surface area contributed by atoms with E-state index >= 15 is 0 Å². The quantitative estimate of drug-likeness (QED) is 0.641. The molecule has 0 aromatic carbocycles. The van der Waals surface area contributed by atoms with E-state index in [9.17, 15) is 4.57 Å². The Bertz CT molecular complexity index is 181. The molecule has 2 unspecified atom stereocenters. The third-order valence-electron chi connectivity index (χ3n) is 2.34. The first kappa shape index (κ1) is 12.2. The van der Waals surface area contributed by atoms with Crippen LogP contribution in [-0.2, 0) is 9.09 Å². The van der Waals surface area contributed by atoms with E-state index in [4.69, 9.17) is 4.52 Å². The fraction of sp³-hybridized carbons (Fsp3) is 1.00. The highest BCUT2D eigenvalue weighted by molar-refractivity contribution is 7.58. The summed E-state index contributed by atoms with van der Waals surface area (Å²) in [6.07, 6.45) is 0. The molecular weight excluding hydrogens is 171 g/mol. The van der Waals surface area contributed by atoms with Crippen molar-refractivity contribution in [3.8, 4) is 0 Å². The van der Waals surface area contributed by atoms with Gasteiger partial charge in [-0.2, -0.15) is 0 Å². The first-order valence-corrected chi connectivity index (χ1v) is 6.57. The second-order valence-corrected chi connectivity index (χ2v) is 7.22. The highest BCUT2D eigenvalue weighted by Crippen LogP contribution is 2.54. The van der Waals surface area contributed by atoms with Crippen molar-refractivity contribution in [3.63, 3.8) is 0 Å². The van der Waals surface area contributed by atoms with Gasteiger partial charge in [0.2, 0.25) is 7.37 Å². The van der Waals surface area contributed by atoms with Gasteiger partial charge >= 0.3 is 0 Å². The van der Waals surface area contributed by atoms with Gasteiger partial charge in [0.1, 0.15) is 0 Å². The van der Waals surface area contributed by atoms with Gasteiger partial charge < -0.3 is 4.52 Å². The second kappa shape index (κ2) is 3.93. The van der Waals surface area contributed by atoms with Crippen LogP contribution < -0.4 is 0 Å². The Hall–Kier alpha value is 0.190. The standard InChI is InChI=1S/C9H21O2P/c1-7-11-12(6,10)8(2)9(3,4)5/h8H,7H2,1-6H3. The fourth-order valence-electron chi connectivity index (χ4n) is 1.07. The molecule has 0 spiro atoms. The van der Waals surface area contributed by atoms with Crippen molar-refractivity contribution < 1.29 is 9.09 Å². The zero-order chi connectivity index (χ0) is 9.99. The van der Waals surface area contributed by atoms with Crippen molar-refractivity contribution in [2.75, 3.05) is 13.3 Å². The van der Waals surface area contributed by atoms with Gasteiger partial charge in [0.05, 0.1) is 6.61 Å². The maximum atomic E-state index is 11.9. The molecule has 0 amide bonds. The van der Waals surface area contributed by atoms with Gasteiger partial charge in [-0.15, -0.1) is 0 Å². The van der Waals surface area contributed by atoms with Crippen molar-refractivity contribution in [3.05, 3.63) is 0 Å². The molecule has 2 nitrogen and oxygen atoms in total. The molecule has 0 aliphatic heterocycles. The summed E-state index contributed by atoms with van der Waals surface area (Å²) in [5.74, 6) is 0. The Morgan fingerprint density at radius 3 is 2.08 bits per heavy atom. The van der Waals surface area contributed by atoms with Crippen LogP contribution in [0.1, 0.15) is 34.6 Å². The highest BCUT2D eigenvalue weighted by Gasteiger charge is 2.34. The lowest BCUT2D eigenvalue weighted by atomic mass is 9.93. The molecule has 0 radical (unpaired) electrons. The summed E-state index contributed by atoms with van der Waals surface area (Å²) in [5, 5.41) is 0. The largest absolute Gasteiger partial charge is 0.329 e. The average Bonchev–Trinajstić information content (AvgIpc) is 1.84. The summed E-state index contributed by atoms with van der Waals surface area (Å²) < 4.78 is 17.2. The Labute approximate surface area is 76.1 Å². The van der Waals surface area contributed by atoms with Crippen LogP contribution in [0.25, 0.3) is 0 Å². The van der Waals surface area contributed by atoms with Gasteiger partial charge in [-0.25, -0.2) is 0 Å². The normalized spacial score (nSPS) is 20.2. The Morgan fingerprint density at radius 2 is 1.83 bits per heavy atom. The van der Waals surface area contributed by atoms with Crippen LogP contribution in [0.3, 0.4) is 0 Å². The molecule has 0 saturated carbocycles. The molecule has 0 bridgehead atoms. The van der Waals surface area contributed by atoms with Gasteiger partial charge in [0.15, 0.2) is 0 Å². The van der Waals surface area contributed by atoms with E-state index in [0.29, 0.717) is 6.61 Å². The summed E-state index contributed by atoms with van der Waals surface area (Å²) >= 11 is 0. The monoisotopic (exact) mass is 192 g/mol. The third-order valence-corrected chi connectivity index (χ3v) is 5.29. The predicted molar refractivity (Wildman–Crippen MR) is 54.1 cm³/mol. The SMILES string of the molecule is CCOP(C)(=O)C(C)C(C)(C)C. The van der Waals surface area contributed by atoms with Crippen LogP contribution in [0.5, 0.6) is 0 Å². The van der Waals surface area contributed by atoms with Crippen molar-refractivity contribution in [2.24, 2.45) is 5.41 Å². The maximum absolute atomic E-state index is 11.9. The van der Waals surface area contributed by atoms with E-state index in [1.807, 2.05) is 13.8 Å². The number of hydrogen-bond donors (Lipinski definition) is 0. The van der Waals surface area contributed by atoms with Crippen LogP contribution in [0.15, 0.2) is 0 Å². The third kappa shape index (κ3) is 3.28. The lowest BCUT2D eigenvalue weighted by molar-refractivity contribution is 0.299. The van der Waals surface area contributed by atoms with Gasteiger partial charge in [-0.05, 0) is 12.3 Å². The molecule has 0 aliphatic rings. The molecule has 3 heteroatoms. The zero-order valence-corrected chi connectivity index (χ0v) is 9.94. The summed E-state index contributed by atoms with van der Waals surface area (Å²) in [5.41, 5.74) is 0.171. The first-order chi connectivity index (χ1) is 5.22. The molecule has 74 valence electrons. The number of rotatable bonds is 3. The molecular formula is C9H21O2P. The summed E-state index contributed by atoms with van der Waals surface area (Å²) in [6, 6.07) is 0. The smallest absolute Gasteiger partial charge is 0.203 e. The number of hydrogen-bond acceptors (Lipinski definition) is 2. The second-order valence-electron chi connectivity index (χ2n) is 4.37. The topological polar surface area (TPSA) is 26.3 Å². The molecule has 0 saturated heterocycles. The molecule has 0 aromatic heterocycles. The molecule has 0 aliphatic carbocycles. The van der Waals surface area contributed by atoms with Crippen LogP contribution in [0.2, 0.25) is 0 Å². The van der Waals surface area contributed by atoms with Crippen molar-refractivity contribution in [1.82, 2.24) is 0 Å². The minimum atomic E-state index is -2.41. The lowest BCUT2D eigenvalue weighted by Gasteiger charge is -2.31. The van der Waals surface area contributed by atoms with Gasteiger partial charge in [-0.1, -0.05) is 27.7 Å². The molecule has 12 heavy (non-hydrogen) atoms. The zero-order valence-electron chi connectivity index (χ0n) is 9.05. The average molecular weight is 192 g/mol. The lowest BCUT2D eigenvalue weighted by Crippen LogP contribution is -2.23. The van der Waals surface area contributed by atoms with E-state index in [2.05, 4.69) is 20.8 Å². The Kier molecular flexibility index (Phi) is 3.99. The van der Waals surface area contributed by atoms with Crippen molar-refractivity contribution in [2.45, 2.75) is 40.3 Å². The minimum Gasteiger partial charge on any atom is -0.329 e. The van der Waals surface area contributed by atoms with Gasteiger partial charge in [0, 0.05) is 12.3 Å². The van der Waals surface area contributed by atoms with Crippen molar-refractivity contribution in [1.29, 1.82) is 0 Å². The van der Waals surface area contributed by atoms with Crippen LogP contribution in [-0.4, -0.2) is 18.9 Å². The molecule has 0 fully saturated rings. The van der Waals surface area contributed by atoms with Gasteiger partial charge in [0.25, 0.3) is 0 Å². The molecule has 0 rings (SSSR count). The van der Waals surface area contributed by atoms with Crippen LogP contribution >= 0.6 is 7.37 Å². The molecule has 0 heterocycles. The molecule has 0 N–H and O–H groups in total. The Balaban J connectivity index is 4.46. The maximum Gasteiger partial charge on any atom is 0.203 e. The minimum absolute atomic E-state index is 0.0550. The molecule has 0 aromatic rings. The van der Waals surface area contributed by atoms with Gasteiger partial charge in [-0.3, -0.25) is 4.57 Å². The van der Waals surface area contributed by atoms with E-state index in [0.717, 1.165) is 0 Å². The first-order valence-electron chi connectivity index (χ1n) is 4.43. The molecule has 2 atom stereocenters. The van der Waals surface area contributed by atoms with E-state index in [-0.39, 0.29) is 11.1 Å². The van der Waals surface area contributed by atoms with Crippen molar-refractivity contribution >= 4 is 7.37 Å². The Morgan fingerprint density at radius 1 is 1.42 bits per heavy atom.